The molecule has 2 unspecified atom stereocenters. The molecular weight excluding hydrogens is 653 g/mol. The second kappa shape index (κ2) is 11.7. The Kier molecular flexibility index (Phi) is 8.22. The number of H-pyrrole nitrogens is 1. The van der Waals surface area contributed by atoms with Crippen LogP contribution in [0, 0.1) is 0 Å². The number of aromatic amines is 1. The van der Waals surface area contributed by atoms with Gasteiger partial charge in [-0.1, -0.05) is 5.21 Å². The predicted octanol–water partition coefficient (Wildman–Crippen LogP) is 0.299. The summed E-state index contributed by atoms with van der Waals surface area (Å²) in [4.78, 5) is 38.2. The molecule has 2 saturated heterocycles. The van der Waals surface area contributed by atoms with E-state index in [-0.39, 0.29) is 35.0 Å². The first-order valence-corrected chi connectivity index (χ1v) is 17.6. The first-order chi connectivity index (χ1) is 20.5. The lowest BCUT2D eigenvalue weighted by atomic mass is 10.1. The molecule has 6 rings (SSSR count). The quantitative estimate of drug-likeness (QED) is 0.103. The van der Waals surface area contributed by atoms with Gasteiger partial charge in [-0.15, -0.1) is 9.62 Å². The minimum Gasteiger partial charge on any atom is -0.394 e. The highest BCUT2D eigenvalue weighted by atomic mass is 32.7. The average Bonchev–Trinajstić information content (AvgIpc) is 3.73. The third-order valence-electron chi connectivity index (χ3n) is 7.10. The summed E-state index contributed by atoms with van der Waals surface area (Å²) in [5, 5.41) is 18.0. The standard InChI is InChI=1S/C20H23FN10O8P2S2/c21-11-13(39-40(34)42)9(38-19(11)30-2-1-8-14(22)24-6-25-15(8)30)5-36-41(35,43)10-3-7(4-32)37-18(10)31-16-12(28-29-31)17(33)27-20(23)26-16/h1-2,6-7,9-11,13,18-19,32H,3-5H2,(H6-,22,23,24,25,26,27,29,33,34,35,42,43)/p+1/t7-,9+,10+,11-,13+,18+,19+,41?/m0/s1. The number of aliphatic hydroxyl groups is 1. The van der Waals surface area contributed by atoms with E-state index in [1.807, 2.05) is 0 Å². The van der Waals surface area contributed by atoms with Crippen LogP contribution in [-0.2, 0) is 34.9 Å². The molecule has 23 heteroatoms. The van der Waals surface area contributed by atoms with Crippen LogP contribution in [0.4, 0.5) is 16.2 Å². The molecule has 0 bridgehead atoms. The van der Waals surface area contributed by atoms with Gasteiger partial charge in [0.15, 0.2) is 42.4 Å². The number of rotatable bonds is 9. The minimum atomic E-state index is -3.88. The van der Waals surface area contributed by atoms with Crippen LogP contribution in [-0.4, -0.2) is 92.9 Å². The number of alkyl halides is 1. The number of nitrogens with two attached hydrogens (primary N) is 2. The number of nitrogens with zero attached hydrogens (tertiary/aromatic N) is 7. The molecule has 0 aliphatic carbocycles. The number of halogens is 1. The molecule has 0 spiro atoms. The lowest BCUT2D eigenvalue weighted by Crippen LogP contribution is -2.33. The van der Waals surface area contributed by atoms with E-state index in [0.717, 1.165) is 4.68 Å². The highest BCUT2D eigenvalue weighted by molar-refractivity contribution is 8.39. The maximum absolute atomic E-state index is 15.8. The average molecular weight is 678 g/mol. The third kappa shape index (κ3) is 5.54. The van der Waals surface area contributed by atoms with Gasteiger partial charge in [-0.3, -0.25) is 9.78 Å². The Bertz CT molecular complexity index is 1810. The smallest absolute Gasteiger partial charge is 0.394 e. The predicted molar refractivity (Wildman–Crippen MR) is 154 cm³/mol. The molecule has 2 aliphatic heterocycles. The van der Waals surface area contributed by atoms with Crippen LogP contribution >= 0.6 is 26.0 Å². The molecule has 0 saturated carbocycles. The van der Waals surface area contributed by atoms with E-state index in [9.17, 15) is 19.4 Å². The minimum absolute atomic E-state index is 0.0355. The van der Waals surface area contributed by atoms with Crippen LogP contribution in [0.25, 0.3) is 22.2 Å². The highest BCUT2D eigenvalue weighted by Gasteiger charge is 2.53. The molecule has 4 aromatic heterocycles. The van der Waals surface area contributed by atoms with E-state index in [0.29, 0.717) is 5.39 Å². The molecule has 0 radical (unpaired) electrons. The number of ether oxygens (including phenoxy) is 2. The Hall–Kier alpha value is -2.71. The Morgan fingerprint density at radius 1 is 1.30 bits per heavy atom. The van der Waals surface area contributed by atoms with Crippen molar-refractivity contribution in [1.29, 1.82) is 0 Å². The van der Waals surface area contributed by atoms with Gasteiger partial charge in [-0.2, -0.15) is 9.67 Å². The van der Waals surface area contributed by atoms with Crippen LogP contribution in [0.1, 0.15) is 18.9 Å². The molecule has 2 aliphatic rings. The van der Waals surface area contributed by atoms with Crippen LogP contribution in [0.5, 0.6) is 0 Å². The zero-order valence-corrected chi connectivity index (χ0v) is 25.2. The number of fused-ring (bicyclic) bond motifs is 2. The summed E-state index contributed by atoms with van der Waals surface area (Å²) >= 11 is 9.28. The van der Waals surface area contributed by atoms with Crippen molar-refractivity contribution in [1.82, 2.24) is 39.5 Å². The van der Waals surface area contributed by atoms with Gasteiger partial charge in [-0.25, -0.2) is 14.4 Å². The van der Waals surface area contributed by atoms with E-state index in [1.54, 1.807) is 6.07 Å². The molecule has 7 N–H and O–H groups in total. The van der Waals surface area contributed by atoms with Crippen LogP contribution < -0.4 is 17.0 Å². The van der Waals surface area contributed by atoms with Gasteiger partial charge in [0, 0.05) is 6.20 Å². The van der Waals surface area contributed by atoms with Crippen molar-refractivity contribution >= 4 is 71.7 Å². The van der Waals surface area contributed by atoms with Crippen molar-refractivity contribution in [2.24, 2.45) is 0 Å². The van der Waals surface area contributed by atoms with Gasteiger partial charge in [0.25, 0.3) is 5.56 Å². The Morgan fingerprint density at radius 3 is 2.84 bits per heavy atom. The number of hydrogen-bond donors (Lipinski definition) is 6. The fourth-order valence-corrected chi connectivity index (χ4v) is 8.26. The van der Waals surface area contributed by atoms with Crippen LogP contribution in [0.2, 0.25) is 0 Å². The molecule has 230 valence electrons. The Balaban J connectivity index is 1.26. The molecular formula is C20H24FN10O8P2S2+. The molecule has 18 nitrogen and oxygen atoms in total. The molecule has 0 amide bonds. The summed E-state index contributed by atoms with van der Waals surface area (Å²) in [6, 6.07) is 1.59. The maximum atomic E-state index is 15.8. The van der Waals surface area contributed by atoms with E-state index >= 15 is 4.39 Å². The summed E-state index contributed by atoms with van der Waals surface area (Å²) in [7, 11) is -2.57. The first-order valence-electron chi connectivity index (χ1n) is 12.5. The summed E-state index contributed by atoms with van der Waals surface area (Å²) in [6.45, 7) is -4.79. The lowest BCUT2D eigenvalue weighted by molar-refractivity contribution is -0.0399. The highest BCUT2D eigenvalue weighted by Crippen LogP contribution is 2.58. The Morgan fingerprint density at radius 2 is 2.09 bits per heavy atom. The second-order valence-corrected chi connectivity index (χ2v) is 15.0. The van der Waals surface area contributed by atoms with Gasteiger partial charge in [-0.05, 0) is 28.9 Å². The van der Waals surface area contributed by atoms with E-state index in [4.69, 9.17) is 41.8 Å². The lowest BCUT2D eigenvalue weighted by Gasteiger charge is -2.27. The van der Waals surface area contributed by atoms with Crippen molar-refractivity contribution in [2.75, 3.05) is 24.7 Å². The number of thiol groups is 1. The van der Waals surface area contributed by atoms with Gasteiger partial charge in [0.1, 0.15) is 36.1 Å². The van der Waals surface area contributed by atoms with Gasteiger partial charge in [0.05, 0.1) is 30.4 Å². The molecule has 0 aromatic carbocycles. The zero-order chi connectivity index (χ0) is 30.6. The van der Waals surface area contributed by atoms with Crippen molar-refractivity contribution in [2.45, 2.75) is 49.0 Å². The number of nitrogen functional groups attached to an aromatic ring is 2. The summed E-state index contributed by atoms with van der Waals surface area (Å²) in [6.07, 6.45) is -5.00. The van der Waals surface area contributed by atoms with E-state index in [2.05, 4.69) is 42.5 Å². The van der Waals surface area contributed by atoms with Gasteiger partial charge in [0.2, 0.25) is 5.95 Å². The monoisotopic (exact) mass is 677 g/mol. The van der Waals surface area contributed by atoms with Crippen LogP contribution in [0.15, 0.2) is 23.4 Å². The second-order valence-electron chi connectivity index (χ2n) is 9.69. The van der Waals surface area contributed by atoms with Crippen LogP contribution in [0.3, 0.4) is 0 Å². The Labute approximate surface area is 251 Å². The van der Waals surface area contributed by atoms with Gasteiger partial charge < -0.3 is 40.0 Å². The summed E-state index contributed by atoms with van der Waals surface area (Å²) < 4.78 is 53.0. The first kappa shape index (κ1) is 30.3. The molecule has 4 aromatic rings. The number of aromatic nitrogens is 8. The van der Waals surface area contributed by atoms with Crippen molar-refractivity contribution < 1.29 is 37.5 Å². The molecule has 6 heterocycles. The zero-order valence-electron chi connectivity index (χ0n) is 21.7. The van der Waals surface area contributed by atoms with E-state index in [1.165, 1.54) is 17.1 Å². The SMILES string of the molecule is Nc1nc2c(nnn2[C@@H]2O[C@H](CO)C[C@H]2P(O)(=S)OC[C@H]2O[C@@H](n3ccc4c(N)ncnc43)[C@@H](F)[C@@H]2O[P+](=O)S)c(=O)[nH]1. The topological polar surface area (TPSA) is 254 Å². The fraction of sp³-hybridized carbons (Fsp3) is 0.500. The molecule has 43 heavy (non-hydrogen) atoms. The van der Waals surface area contributed by atoms with Crippen molar-refractivity contribution in [3.63, 3.8) is 0 Å². The summed E-state index contributed by atoms with van der Waals surface area (Å²) in [5.74, 6) is -0.0256. The normalized spacial score (nSPS) is 29.4. The van der Waals surface area contributed by atoms with Gasteiger partial charge >= 0.3 is 7.23 Å². The van der Waals surface area contributed by atoms with E-state index < -0.39 is 75.1 Å². The number of nitrogens with one attached hydrogen (secondary N) is 1. The number of aliphatic hydroxyl groups excluding tert-OH is 1. The molecule has 9 atom stereocenters. The fourth-order valence-electron chi connectivity index (χ4n) is 5.14. The molecule has 2 fully saturated rings. The number of anilines is 2. The largest absolute Gasteiger partial charge is 0.582 e. The maximum Gasteiger partial charge on any atom is 0.582 e. The third-order valence-corrected chi connectivity index (χ3v) is 10.8. The summed E-state index contributed by atoms with van der Waals surface area (Å²) in [5.41, 5.74) is 10.1. The van der Waals surface area contributed by atoms with Crippen molar-refractivity contribution in [3.8, 4) is 0 Å². The number of hydrogen-bond acceptors (Lipinski definition) is 15. The van der Waals surface area contributed by atoms with Crippen molar-refractivity contribution in [3.05, 3.63) is 28.9 Å².